The summed E-state index contributed by atoms with van der Waals surface area (Å²) in [4.78, 5) is 0. The van der Waals surface area contributed by atoms with Crippen LogP contribution in [0.5, 0.6) is 0 Å². The maximum atomic E-state index is 10.2. The van der Waals surface area contributed by atoms with Gasteiger partial charge in [-0.2, -0.15) is 0 Å². The molecule has 0 bridgehead atoms. The number of hydrogen-bond donors (Lipinski definition) is 1. The van der Waals surface area contributed by atoms with Crippen LogP contribution < -0.4 is 5.32 Å². The molecule has 1 N–H and O–H groups in total. The Hall–Kier alpha value is -0.0800. The molecule has 2 heteroatoms. The summed E-state index contributed by atoms with van der Waals surface area (Å²) in [5.41, 5.74) is 0. The van der Waals surface area contributed by atoms with Crippen molar-refractivity contribution in [3.63, 3.8) is 0 Å². The summed E-state index contributed by atoms with van der Waals surface area (Å²) in [5, 5.41) is 13.6. The van der Waals surface area contributed by atoms with Gasteiger partial charge in [0.2, 0.25) is 0 Å². The first kappa shape index (κ1) is 9.01. The van der Waals surface area contributed by atoms with Gasteiger partial charge in [0.05, 0.1) is 6.61 Å². The molecule has 0 spiro atoms. The van der Waals surface area contributed by atoms with E-state index < -0.39 is 0 Å². The van der Waals surface area contributed by atoms with Crippen LogP contribution in [0.15, 0.2) is 0 Å². The van der Waals surface area contributed by atoms with Gasteiger partial charge >= 0.3 is 0 Å². The van der Waals surface area contributed by atoms with Gasteiger partial charge in [-0.05, 0) is 44.2 Å². The van der Waals surface area contributed by atoms with Crippen molar-refractivity contribution in [2.45, 2.75) is 26.2 Å². The van der Waals surface area contributed by atoms with E-state index in [0.29, 0.717) is 0 Å². The molecule has 0 aliphatic carbocycles. The van der Waals surface area contributed by atoms with E-state index >= 15 is 0 Å². The largest absolute Gasteiger partial charge is 0.316 e. The third-order valence-electron chi connectivity index (χ3n) is 2.71. The zero-order chi connectivity index (χ0) is 8.10. The molecule has 2 atom stereocenters. The van der Waals surface area contributed by atoms with Gasteiger partial charge in [0.1, 0.15) is 0 Å². The summed E-state index contributed by atoms with van der Waals surface area (Å²) in [7, 11) is 0. The van der Waals surface area contributed by atoms with E-state index in [1.54, 1.807) is 0 Å². The van der Waals surface area contributed by atoms with Crippen molar-refractivity contribution < 1.29 is 5.11 Å². The first-order valence-corrected chi connectivity index (χ1v) is 4.63. The van der Waals surface area contributed by atoms with E-state index in [4.69, 9.17) is 0 Å². The smallest absolute Gasteiger partial charge is 0.0822 e. The quantitative estimate of drug-likeness (QED) is 0.656. The minimum absolute atomic E-state index is 0.102. The molecule has 1 rings (SSSR count). The van der Waals surface area contributed by atoms with Crippen LogP contribution in [0, 0.1) is 11.8 Å². The fourth-order valence-corrected chi connectivity index (χ4v) is 1.80. The molecule has 1 fully saturated rings. The molecule has 1 saturated heterocycles. The van der Waals surface area contributed by atoms with Crippen LogP contribution in [-0.2, 0) is 5.11 Å². The molecule has 0 aromatic heterocycles. The summed E-state index contributed by atoms with van der Waals surface area (Å²) >= 11 is 0. The van der Waals surface area contributed by atoms with Crippen molar-refractivity contribution in [2.75, 3.05) is 19.7 Å². The molecule has 2 nitrogen and oxygen atoms in total. The van der Waals surface area contributed by atoms with Crippen LogP contribution in [0.2, 0.25) is 0 Å². The van der Waals surface area contributed by atoms with Crippen LogP contribution in [-0.4, -0.2) is 19.7 Å². The van der Waals surface area contributed by atoms with E-state index in [2.05, 4.69) is 12.2 Å². The lowest BCUT2D eigenvalue weighted by atomic mass is 9.90. The standard InChI is InChI=1S/C9H18NO/c1-8(3-2-6-11)9-4-5-10-7-9/h8-10H,2-7H2,1H3. The molecule has 0 saturated carbocycles. The van der Waals surface area contributed by atoms with Crippen LogP contribution >= 0.6 is 0 Å². The summed E-state index contributed by atoms with van der Waals surface area (Å²) in [5.74, 6) is 1.58. The summed E-state index contributed by atoms with van der Waals surface area (Å²) < 4.78 is 0. The average Bonchev–Trinajstić information content (AvgIpc) is 2.52. The fourth-order valence-electron chi connectivity index (χ4n) is 1.80. The van der Waals surface area contributed by atoms with E-state index in [1.165, 1.54) is 19.5 Å². The molecule has 1 heterocycles. The molecular weight excluding hydrogens is 138 g/mol. The summed E-state index contributed by atoms with van der Waals surface area (Å²) in [6.45, 7) is 4.71. The van der Waals surface area contributed by atoms with Gasteiger partial charge in [0.15, 0.2) is 0 Å². The Kier molecular flexibility index (Phi) is 3.87. The Labute approximate surface area is 69.0 Å². The van der Waals surface area contributed by atoms with Crippen molar-refractivity contribution in [3.8, 4) is 0 Å². The zero-order valence-electron chi connectivity index (χ0n) is 7.31. The van der Waals surface area contributed by atoms with Gasteiger partial charge in [-0.3, -0.25) is 0 Å². The second-order valence-electron chi connectivity index (χ2n) is 3.58. The maximum Gasteiger partial charge on any atom is 0.0822 e. The lowest BCUT2D eigenvalue weighted by Gasteiger charge is -2.16. The third-order valence-corrected chi connectivity index (χ3v) is 2.71. The van der Waals surface area contributed by atoms with Gasteiger partial charge in [0, 0.05) is 0 Å². The molecule has 65 valence electrons. The molecule has 0 aromatic rings. The second kappa shape index (κ2) is 4.73. The van der Waals surface area contributed by atoms with Gasteiger partial charge in [-0.15, -0.1) is 0 Å². The Bertz CT molecular complexity index is 99.7. The van der Waals surface area contributed by atoms with Crippen LogP contribution in [0.1, 0.15) is 26.2 Å². The molecule has 2 unspecified atom stereocenters. The van der Waals surface area contributed by atoms with E-state index in [1.807, 2.05) is 0 Å². The van der Waals surface area contributed by atoms with Crippen molar-refractivity contribution in [1.29, 1.82) is 0 Å². The Balaban J connectivity index is 2.12. The highest BCUT2D eigenvalue weighted by molar-refractivity contribution is 4.75. The van der Waals surface area contributed by atoms with Crippen molar-refractivity contribution in [3.05, 3.63) is 0 Å². The average molecular weight is 156 g/mol. The molecular formula is C9H18NO. The summed E-state index contributed by atoms with van der Waals surface area (Å²) in [6.07, 6.45) is 3.29. The fraction of sp³-hybridized carbons (Fsp3) is 1.00. The first-order valence-electron chi connectivity index (χ1n) is 4.63. The maximum absolute atomic E-state index is 10.2. The SMILES string of the molecule is CC(CCC[O])C1CCNC1. The minimum atomic E-state index is 0.102. The topological polar surface area (TPSA) is 31.9 Å². The molecule has 1 aliphatic heterocycles. The highest BCUT2D eigenvalue weighted by atomic mass is 16.2. The monoisotopic (exact) mass is 156 g/mol. The Morgan fingerprint density at radius 3 is 3.00 bits per heavy atom. The van der Waals surface area contributed by atoms with E-state index in [-0.39, 0.29) is 6.61 Å². The highest BCUT2D eigenvalue weighted by Crippen LogP contribution is 2.22. The molecule has 1 radical (unpaired) electrons. The van der Waals surface area contributed by atoms with Crippen molar-refractivity contribution in [2.24, 2.45) is 11.8 Å². The summed E-state index contributed by atoms with van der Waals surface area (Å²) in [6, 6.07) is 0. The Morgan fingerprint density at radius 1 is 1.64 bits per heavy atom. The molecule has 1 aliphatic rings. The van der Waals surface area contributed by atoms with Gasteiger partial charge in [0.25, 0.3) is 0 Å². The van der Waals surface area contributed by atoms with Crippen molar-refractivity contribution >= 4 is 0 Å². The van der Waals surface area contributed by atoms with Crippen LogP contribution in [0.4, 0.5) is 0 Å². The second-order valence-corrected chi connectivity index (χ2v) is 3.58. The number of hydrogen-bond acceptors (Lipinski definition) is 1. The first-order chi connectivity index (χ1) is 5.34. The van der Waals surface area contributed by atoms with E-state index in [0.717, 1.165) is 24.7 Å². The highest BCUT2D eigenvalue weighted by Gasteiger charge is 2.20. The van der Waals surface area contributed by atoms with Crippen molar-refractivity contribution in [1.82, 2.24) is 5.32 Å². The minimum Gasteiger partial charge on any atom is -0.316 e. The third kappa shape index (κ3) is 2.80. The van der Waals surface area contributed by atoms with Crippen LogP contribution in [0.3, 0.4) is 0 Å². The molecule has 0 aromatic carbocycles. The lowest BCUT2D eigenvalue weighted by molar-refractivity contribution is 0.176. The van der Waals surface area contributed by atoms with Gasteiger partial charge in [-0.25, -0.2) is 5.11 Å². The lowest BCUT2D eigenvalue weighted by Crippen LogP contribution is -2.15. The zero-order valence-corrected chi connectivity index (χ0v) is 7.31. The van der Waals surface area contributed by atoms with Gasteiger partial charge in [-0.1, -0.05) is 6.92 Å². The molecule has 11 heavy (non-hydrogen) atoms. The number of nitrogens with one attached hydrogen (secondary N) is 1. The molecule has 0 amide bonds. The Morgan fingerprint density at radius 2 is 2.45 bits per heavy atom. The predicted molar refractivity (Wildman–Crippen MR) is 44.9 cm³/mol. The number of rotatable bonds is 4. The van der Waals surface area contributed by atoms with Gasteiger partial charge < -0.3 is 5.32 Å². The normalized spacial score (nSPS) is 27.3. The predicted octanol–water partition coefficient (Wildman–Crippen LogP) is 1.44. The van der Waals surface area contributed by atoms with Crippen LogP contribution in [0.25, 0.3) is 0 Å². The van der Waals surface area contributed by atoms with E-state index in [9.17, 15) is 5.11 Å².